The molecule has 2 heterocycles. The van der Waals surface area contributed by atoms with Crippen molar-refractivity contribution in [1.82, 2.24) is 19.7 Å². The number of anilines is 1. The van der Waals surface area contributed by atoms with Gasteiger partial charge in [-0.2, -0.15) is 13.5 Å². The number of H-pyrrole nitrogens is 1. The summed E-state index contributed by atoms with van der Waals surface area (Å²) in [6.45, 7) is 5.83. The number of imidazole rings is 1. The van der Waals surface area contributed by atoms with E-state index in [0.717, 1.165) is 0 Å². The van der Waals surface area contributed by atoms with Gasteiger partial charge in [-0.05, 0) is 13.8 Å². The maximum atomic E-state index is 12.1. The highest BCUT2D eigenvalue weighted by Gasteiger charge is 2.18. The smallest absolute Gasteiger partial charge is 0.279 e. The lowest BCUT2D eigenvalue weighted by molar-refractivity contribution is 0.532. The fourth-order valence-electron chi connectivity index (χ4n) is 1.54. The highest BCUT2D eigenvalue weighted by molar-refractivity contribution is 7.92. The Morgan fingerprint density at radius 1 is 1.42 bits per heavy atom. The number of sulfonamides is 1. The zero-order valence-electron chi connectivity index (χ0n) is 11.1. The molecule has 7 nitrogen and oxygen atoms in total. The normalized spacial score (nSPS) is 12.0. The largest absolute Gasteiger partial charge is 0.332 e. The Morgan fingerprint density at radius 3 is 2.68 bits per heavy atom. The standard InChI is InChI=1S/C11H17N5O2S/c1-4-10-12-6-11(14-10)19(17,18)15-9-5-13-16(7-9)8(2)3/h5-8,15H,4H2,1-3H3,(H,12,14). The van der Waals surface area contributed by atoms with Gasteiger partial charge in [-0.3, -0.25) is 9.40 Å². The van der Waals surface area contributed by atoms with Crippen LogP contribution < -0.4 is 4.72 Å². The maximum absolute atomic E-state index is 12.1. The first kappa shape index (κ1) is 13.6. The average Bonchev–Trinajstić information content (AvgIpc) is 2.96. The first-order valence-corrected chi connectivity index (χ1v) is 7.51. The van der Waals surface area contributed by atoms with Crippen molar-refractivity contribution in [3.63, 3.8) is 0 Å². The molecule has 0 aliphatic carbocycles. The predicted octanol–water partition coefficient (Wildman–Crippen LogP) is 1.55. The van der Waals surface area contributed by atoms with Gasteiger partial charge in [0.2, 0.25) is 0 Å². The van der Waals surface area contributed by atoms with Gasteiger partial charge >= 0.3 is 0 Å². The third-order valence-electron chi connectivity index (χ3n) is 2.61. The van der Waals surface area contributed by atoms with Gasteiger partial charge in [-0.1, -0.05) is 6.92 Å². The minimum absolute atomic E-state index is 0.0571. The second-order valence-corrected chi connectivity index (χ2v) is 6.11. The van der Waals surface area contributed by atoms with Crippen LogP contribution in [-0.4, -0.2) is 28.2 Å². The fraction of sp³-hybridized carbons (Fsp3) is 0.455. The molecule has 19 heavy (non-hydrogen) atoms. The summed E-state index contributed by atoms with van der Waals surface area (Å²) < 4.78 is 28.3. The number of nitrogens with zero attached hydrogens (tertiary/aromatic N) is 3. The number of aromatic amines is 1. The Kier molecular flexibility index (Phi) is 3.61. The molecule has 104 valence electrons. The van der Waals surface area contributed by atoms with Crippen LogP contribution in [0.4, 0.5) is 5.69 Å². The van der Waals surface area contributed by atoms with Gasteiger partial charge in [0.1, 0.15) is 5.82 Å². The Morgan fingerprint density at radius 2 is 2.16 bits per heavy atom. The molecule has 0 amide bonds. The van der Waals surface area contributed by atoms with E-state index in [1.807, 2.05) is 20.8 Å². The first-order valence-electron chi connectivity index (χ1n) is 6.03. The molecule has 8 heteroatoms. The van der Waals surface area contributed by atoms with Gasteiger partial charge in [0.05, 0.1) is 18.1 Å². The lowest BCUT2D eigenvalue weighted by Gasteiger charge is -2.04. The Hall–Kier alpha value is -1.83. The topological polar surface area (TPSA) is 92.7 Å². The third kappa shape index (κ3) is 2.95. The van der Waals surface area contributed by atoms with E-state index < -0.39 is 10.0 Å². The number of hydrogen-bond acceptors (Lipinski definition) is 4. The Bertz CT molecular complexity index is 656. The highest BCUT2D eigenvalue weighted by Crippen LogP contribution is 2.15. The fourth-order valence-corrected chi connectivity index (χ4v) is 2.51. The summed E-state index contributed by atoms with van der Waals surface area (Å²) in [6, 6.07) is 0.178. The monoisotopic (exact) mass is 283 g/mol. The molecule has 0 radical (unpaired) electrons. The van der Waals surface area contributed by atoms with Crippen LogP contribution in [0, 0.1) is 0 Å². The Labute approximate surface area is 112 Å². The molecule has 0 aromatic carbocycles. The minimum atomic E-state index is -3.64. The van der Waals surface area contributed by atoms with Crippen molar-refractivity contribution in [3.05, 3.63) is 24.4 Å². The van der Waals surface area contributed by atoms with Gasteiger partial charge < -0.3 is 4.98 Å². The van der Waals surface area contributed by atoms with Crippen LogP contribution in [0.3, 0.4) is 0 Å². The molecule has 2 aromatic rings. The lowest BCUT2D eigenvalue weighted by Crippen LogP contribution is -2.13. The van der Waals surface area contributed by atoms with Crippen molar-refractivity contribution in [2.24, 2.45) is 0 Å². The molecule has 0 spiro atoms. The molecule has 0 saturated heterocycles. The summed E-state index contributed by atoms with van der Waals surface area (Å²) in [4.78, 5) is 6.74. The van der Waals surface area contributed by atoms with Crippen LogP contribution >= 0.6 is 0 Å². The van der Waals surface area contributed by atoms with Gasteiger partial charge in [0.15, 0.2) is 5.03 Å². The Balaban J connectivity index is 2.20. The first-order chi connectivity index (χ1) is 8.92. The molecule has 0 aliphatic rings. The number of nitrogens with one attached hydrogen (secondary N) is 2. The van der Waals surface area contributed by atoms with E-state index in [1.165, 1.54) is 12.4 Å². The van der Waals surface area contributed by atoms with Crippen LogP contribution in [0.25, 0.3) is 0 Å². The zero-order chi connectivity index (χ0) is 14.0. The van der Waals surface area contributed by atoms with E-state index in [-0.39, 0.29) is 11.1 Å². The molecule has 0 unspecified atom stereocenters. The molecule has 2 N–H and O–H groups in total. The van der Waals surface area contributed by atoms with Crippen molar-refractivity contribution in [2.75, 3.05) is 4.72 Å². The zero-order valence-corrected chi connectivity index (χ0v) is 11.9. The van der Waals surface area contributed by atoms with Crippen molar-refractivity contribution in [2.45, 2.75) is 38.3 Å². The molecule has 2 aromatic heterocycles. The number of hydrogen-bond donors (Lipinski definition) is 2. The van der Waals surface area contributed by atoms with Crippen LogP contribution in [-0.2, 0) is 16.4 Å². The SMILES string of the molecule is CCc1ncc(S(=O)(=O)Nc2cnn(C(C)C)c2)[nH]1. The second kappa shape index (κ2) is 5.04. The van der Waals surface area contributed by atoms with Crippen molar-refractivity contribution < 1.29 is 8.42 Å². The van der Waals surface area contributed by atoms with Gasteiger partial charge in [0.25, 0.3) is 10.0 Å². The molecule has 0 aliphatic heterocycles. The van der Waals surface area contributed by atoms with Crippen LogP contribution in [0.2, 0.25) is 0 Å². The lowest BCUT2D eigenvalue weighted by atomic mass is 10.4. The van der Waals surface area contributed by atoms with E-state index in [4.69, 9.17) is 0 Å². The van der Waals surface area contributed by atoms with Gasteiger partial charge in [0, 0.05) is 18.7 Å². The number of rotatable bonds is 5. The van der Waals surface area contributed by atoms with E-state index in [1.54, 1.807) is 10.9 Å². The minimum Gasteiger partial charge on any atom is -0.332 e. The van der Waals surface area contributed by atoms with E-state index in [9.17, 15) is 8.42 Å². The molecular formula is C11H17N5O2S. The summed E-state index contributed by atoms with van der Waals surface area (Å²) in [5.74, 6) is 0.637. The number of aryl methyl sites for hydroxylation is 1. The molecule has 0 fully saturated rings. The summed E-state index contributed by atoms with van der Waals surface area (Å²) in [5.41, 5.74) is 0.432. The molecular weight excluding hydrogens is 266 g/mol. The van der Waals surface area contributed by atoms with E-state index >= 15 is 0 Å². The quantitative estimate of drug-likeness (QED) is 0.870. The highest BCUT2D eigenvalue weighted by atomic mass is 32.2. The van der Waals surface area contributed by atoms with Crippen LogP contribution in [0.15, 0.2) is 23.6 Å². The second-order valence-electron chi connectivity index (χ2n) is 4.46. The third-order valence-corrected chi connectivity index (χ3v) is 3.90. The molecule has 0 atom stereocenters. The number of aromatic nitrogens is 4. The molecule has 2 rings (SSSR count). The predicted molar refractivity (Wildman–Crippen MR) is 71.4 cm³/mol. The summed E-state index contributed by atoms with van der Waals surface area (Å²) >= 11 is 0. The van der Waals surface area contributed by atoms with E-state index in [2.05, 4.69) is 19.8 Å². The molecule has 0 saturated carbocycles. The summed E-state index contributed by atoms with van der Waals surface area (Å²) in [5, 5.41) is 4.14. The van der Waals surface area contributed by atoms with Crippen molar-refractivity contribution >= 4 is 15.7 Å². The van der Waals surface area contributed by atoms with Gasteiger partial charge in [-0.25, -0.2) is 4.98 Å². The average molecular weight is 283 g/mol. The van der Waals surface area contributed by atoms with Crippen molar-refractivity contribution in [1.29, 1.82) is 0 Å². The summed E-state index contributed by atoms with van der Waals surface area (Å²) in [6.07, 6.45) is 5.10. The van der Waals surface area contributed by atoms with Crippen LogP contribution in [0.1, 0.15) is 32.6 Å². The maximum Gasteiger partial charge on any atom is 0.279 e. The van der Waals surface area contributed by atoms with Gasteiger partial charge in [-0.15, -0.1) is 0 Å². The molecule has 0 bridgehead atoms. The van der Waals surface area contributed by atoms with Crippen LogP contribution in [0.5, 0.6) is 0 Å². The summed E-state index contributed by atoms with van der Waals surface area (Å²) in [7, 11) is -3.64. The van der Waals surface area contributed by atoms with E-state index in [0.29, 0.717) is 17.9 Å². The van der Waals surface area contributed by atoms with Crippen molar-refractivity contribution in [3.8, 4) is 0 Å².